The van der Waals surface area contributed by atoms with Crippen molar-refractivity contribution in [1.82, 2.24) is 9.88 Å². The highest BCUT2D eigenvalue weighted by Gasteiger charge is 2.34. The quantitative estimate of drug-likeness (QED) is 0.374. The van der Waals surface area contributed by atoms with Crippen molar-refractivity contribution in [3.63, 3.8) is 0 Å². The van der Waals surface area contributed by atoms with E-state index >= 15 is 0 Å². The predicted molar refractivity (Wildman–Crippen MR) is 87.9 cm³/mol. The summed E-state index contributed by atoms with van der Waals surface area (Å²) in [6, 6.07) is 2.08. The van der Waals surface area contributed by atoms with Crippen molar-refractivity contribution >= 4 is 27.6 Å². The predicted octanol–water partition coefficient (Wildman–Crippen LogP) is 1.80. The highest BCUT2D eigenvalue weighted by atomic mass is 79.9. The second kappa shape index (κ2) is 6.19. The first-order valence-corrected chi connectivity index (χ1v) is 7.75. The van der Waals surface area contributed by atoms with E-state index in [1.165, 1.54) is 0 Å². The number of hydrogen-bond donors (Lipinski definition) is 2. The van der Waals surface area contributed by atoms with Crippen LogP contribution in [0.2, 0.25) is 0 Å². The van der Waals surface area contributed by atoms with Gasteiger partial charge in [-0.15, -0.1) is 0 Å². The van der Waals surface area contributed by atoms with Crippen molar-refractivity contribution in [1.29, 1.82) is 0 Å². The number of anilines is 1. The Kier molecular flexibility index (Phi) is 4.73. The van der Waals surface area contributed by atoms with Gasteiger partial charge in [-0.25, -0.2) is 4.98 Å². The maximum Gasteiger partial charge on any atom is 0.159 e. The Labute approximate surface area is 133 Å². The van der Waals surface area contributed by atoms with Crippen LogP contribution < -0.4 is 10.6 Å². The lowest BCUT2D eigenvalue weighted by Gasteiger charge is -2.43. The molecule has 6 nitrogen and oxygen atoms in total. The molecular formula is C14H22BrN5O. The number of rotatable bonds is 3. The van der Waals surface area contributed by atoms with Crippen LogP contribution in [0.4, 0.5) is 5.82 Å². The van der Waals surface area contributed by atoms with Crippen molar-refractivity contribution in [2.45, 2.75) is 26.3 Å². The largest absolute Gasteiger partial charge is 0.409 e. The third-order valence-electron chi connectivity index (χ3n) is 4.06. The summed E-state index contributed by atoms with van der Waals surface area (Å²) in [6.07, 6.45) is 1.88. The van der Waals surface area contributed by atoms with E-state index in [1.807, 2.05) is 27.0 Å². The summed E-state index contributed by atoms with van der Waals surface area (Å²) in [5.41, 5.74) is 6.48. The van der Waals surface area contributed by atoms with Crippen LogP contribution in [0.15, 0.2) is 21.9 Å². The van der Waals surface area contributed by atoms with Crippen molar-refractivity contribution in [3.8, 4) is 0 Å². The topological polar surface area (TPSA) is 78.0 Å². The van der Waals surface area contributed by atoms with E-state index < -0.39 is 5.54 Å². The Morgan fingerprint density at radius 2 is 2.00 bits per heavy atom. The molecule has 2 heterocycles. The third kappa shape index (κ3) is 3.29. The third-order valence-corrected chi connectivity index (χ3v) is 4.65. The molecule has 0 aliphatic carbocycles. The summed E-state index contributed by atoms with van der Waals surface area (Å²) >= 11 is 3.58. The van der Waals surface area contributed by atoms with Crippen LogP contribution in [0.25, 0.3) is 0 Å². The molecule has 116 valence electrons. The first-order chi connectivity index (χ1) is 9.86. The lowest BCUT2D eigenvalue weighted by atomic mass is 10.0. The number of hydrogen-bond acceptors (Lipinski definition) is 5. The van der Waals surface area contributed by atoms with Gasteiger partial charge in [0.25, 0.3) is 0 Å². The van der Waals surface area contributed by atoms with Crippen molar-refractivity contribution in [3.05, 3.63) is 22.3 Å². The van der Waals surface area contributed by atoms with Gasteiger partial charge in [-0.3, -0.25) is 4.90 Å². The summed E-state index contributed by atoms with van der Waals surface area (Å²) in [6.45, 7) is 9.36. The van der Waals surface area contributed by atoms with Crippen LogP contribution in [-0.4, -0.2) is 52.6 Å². The number of oxime groups is 1. The Morgan fingerprint density at radius 1 is 1.38 bits per heavy atom. The van der Waals surface area contributed by atoms with Gasteiger partial charge >= 0.3 is 0 Å². The molecule has 1 aliphatic heterocycles. The monoisotopic (exact) mass is 355 g/mol. The molecule has 1 aromatic heterocycles. The number of nitrogens with two attached hydrogens (primary N) is 1. The van der Waals surface area contributed by atoms with Crippen LogP contribution in [0, 0.1) is 6.92 Å². The van der Waals surface area contributed by atoms with Crippen molar-refractivity contribution in [2.75, 3.05) is 31.1 Å². The van der Waals surface area contributed by atoms with Gasteiger partial charge < -0.3 is 15.8 Å². The molecule has 0 amide bonds. The molecule has 3 N–H and O–H groups in total. The van der Waals surface area contributed by atoms with E-state index in [2.05, 4.69) is 41.9 Å². The van der Waals surface area contributed by atoms with Gasteiger partial charge in [0.15, 0.2) is 5.84 Å². The Hall–Kier alpha value is -1.34. The molecule has 21 heavy (non-hydrogen) atoms. The van der Waals surface area contributed by atoms with Gasteiger partial charge in [-0.1, -0.05) is 5.16 Å². The molecule has 0 unspecified atom stereocenters. The standard InChI is InChI=1S/C14H22BrN5O/c1-10-8-11(15)12(17-9-10)19-4-6-20(7-5-19)14(2,3)13(16)18-21/h8-9,21H,4-7H2,1-3H3,(H2,16,18). The van der Waals surface area contributed by atoms with Crippen LogP contribution in [0.5, 0.6) is 0 Å². The SMILES string of the molecule is Cc1cnc(N2CCN(C(C)(C)C(N)=NO)CC2)c(Br)c1. The van der Waals surface area contributed by atoms with Crippen molar-refractivity contribution in [2.24, 2.45) is 10.9 Å². The van der Waals surface area contributed by atoms with Gasteiger partial charge in [0.05, 0.1) is 10.0 Å². The fourth-order valence-electron chi connectivity index (χ4n) is 2.52. The average molecular weight is 356 g/mol. The lowest BCUT2D eigenvalue weighted by Crippen LogP contribution is -2.60. The Morgan fingerprint density at radius 3 is 2.52 bits per heavy atom. The van der Waals surface area contributed by atoms with E-state index in [1.54, 1.807) is 0 Å². The number of piperazine rings is 1. The van der Waals surface area contributed by atoms with Gasteiger partial charge in [0.1, 0.15) is 5.82 Å². The highest BCUT2D eigenvalue weighted by Crippen LogP contribution is 2.26. The summed E-state index contributed by atoms with van der Waals surface area (Å²) in [5, 5.41) is 12.1. The summed E-state index contributed by atoms with van der Waals surface area (Å²) in [7, 11) is 0. The first-order valence-electron chi connectivity index (χ1n) is 6.96. The number of nitrogens with zero attached hydrogens (tertiary/aromatic N) is 4. The van der Waals surface area contributed by atoms with Crippen molar-refractivity contribution < 1.29 is 5.21 Å². The minimum absolute atomic E-state index is 0.241. The van der Waals surface area contributed by atoms with Crippen LogP contribution in [0.3, 0.4) is 0 Å². The molecule has 0 aromatic carbocycles. The van der Waals surface area contributed by atoms with E-state index in [9.17, 15) is 0 Å². The number of aryl methyl sites for hydroxylation is 1. The zero-order valence-electron chi connectivity index (χ0n) is 12.7. The summed E-state index contributed by atoms with van der Waals surface area (Å²) in [5.74, 6) is 1.22. The van der Waals surface area contributed by atoms with E-state index in [-0.39, 0.29) is 5.84 Å². The molecule has 1 fully saturated rings. The fourth-order valence-corrected chi connectivity index (χ4v) is 3.23. The molecule has 0 bridgehead atoms. The molecule has 1 aromatic rings. The van der Waals surface area contributed by atoms with Crippen LogP contribution in [0.1, 0.15) is 19.4 Å². The average Bonchev–Trinajstić information content (AvgIpc) is 2.46. The summed E-state index contributed by atoms with van der Waals surface area (Å²) < 4.78 is 1.02. The molecule has 2 rings (SSSR count). The molecular weight excluding hydrogens is 334 g/mol. The molecule has 0 atom stereocenters. The minimum atomic E-state index is -0.446. The number of amidine groups is 1. The summed E-state index contributed by atoms with van der Waals surface area (Å²) in [4.78, 5) is 8.99. The molecule has 7 heteroatoms. The molecule has 0 saturated carbocycles. The number of aromatic nitrogens is 1. The first kappa shape index (κ1) is 16.0. The van der Waals surface area contributed by atoms with Gasteiger partial charge in [-0.05, 0) is 48.3 Å². The molecule has 1 aliphatic rings. The highest BCUT2D eigenvalue weighted by molar-refractivity contribution is 9.10. The minimum Gasteiger partial charge on any atom is -0.409 e. The Balaban J connectivity index is 2.07. The maximum absolute atomic E-state index is 8.90. The Bertz CT molecular complexity index is 538. The second-order valence-electron chi connectivity index (χ2n) is 5.84. The zero-order valence-corrected chi connectivity index (χ0v) is 14.3. The number of halogens is 1. The van der Waals surface area contributed by atoms with Gasteiger partial charge in [-0.2, -0.15) is 0 Å². The molecule has 1 saturated heterocycles. The molecule has 0 spiro atoms. The van der Waals surface area contributed by atoms with E-state index in [0.29, 0.717) is 0 Å². The van der Waals surface area contributed by atoms with Crippen LogP contribution >= 0.6 is 15.9 Å². The zero-order chi connectivity index (χ0) is 15.6. The number of pyridine rings is 1. The normalized spacial score (nSPS) is 18.1. The van der Waals surface area contributed by atoms with Crippen LogP contribution in [-0.2, 0) is 0 Å². The van der Waals surface area contributed by atoms with E-state index in [0.717, 1.165) is 42.0 Å². The smallest absolute Gasteiger partial charge is 0.159 e. The lowest BCUT2D eigenvalue weighted by molar-refractivity contribution is 0.161. The van der Waals surface area contributed by atoms with Gasteiger partial charge in [0.2, 0.25) is 0 Å². The molecule has 0 radical (unpaired) electrons. The maximum atomic E-state index is 8.90. The van der Waals surface area contributed by atoms with Gasteiger partial charge in [0, 0.05) is 32.4 Å². The second-order valence-corrected chi connectivity index (χ2v) is 6.69. The van der Waals surface area contributed by atoms with E-state index in [4.69, 9.17) is 10.9 Å². The fraction of sp³-hybridized carbons (Fsp3) is 0.571.